The molecule has 0 aromatic carbocycles. The van der Waals surface area contributed by atoms with Gasteiger partial charge in [-0.15, -0.1) is 0 Å². The lowest BCUT2D eigenvalue weighted by Gasteiger charge is -2.46. The average Bonchev–Trinajstić information content (AvgIpc) is 0.805. The van der Waals surface area contributed by atoms with Crippen molar-refractivity contribution in [2.45, 2.75) is 130 Å². The van der Waals surface area contributed by atoms with E-state index in [0.29, 0.717) is 64.2 Å². The molecule has 0 aliphatic heterocycles. The molecule has 32 nitrogen and oxygen atoms in total. The molecule has 0 aromatic heterocycles. The fourth-order valence-corrected chi connectivity index (χ4v) is 14.5. The smallest absolute Gasteiger partial charge is 0.408 e. The van der Waals surface area contributed by atoms with Gasteiger partial charge >= 0.3 is 83.8 Å². The highest BCUT2D eigenvalue weighted by molar-refractivity contribution is 5.85. The molecule has 32 heteroatoms. The first-order valence-electron chi connectivity index (χ1n) is 37.0. The second-order valence-electron chi connectivity index (χ2n) is 31.5. The maximum absolute atomic E-state index is 14.3. The lowest BCUT2D eigenvalue weighted by atomic mass is 9.60. The van der Waals surface area contributed by atoms with Gasteiger partial charge in [-0.3, -0.25) is 9.59 Å². The van der Waals surface area contributed by atoms with Gasteiger partial charge in [0, 0.05) is 86.7 Å². The van der Waals surface area contributed by atoms with Crippen LogP contribution < -0.4 is 10.6 Å². The Bertz CT molecular complexity index is 3300. The van der Waals surface area contributed by atoms with Crippen LogP contribution in [0.2, 0.25) is 0 Å². The summed E-state index contributed by atoms with van der Waals surface area (Å²) < 4.78 is 89.2. The van der Waals surface area contributed by atoms with Crippen molar-refractivity contribution >= 4 is 83.8 Å². The fourth-order valence-electron chi connectivity index (χ4n) is 14.5. The number of ether oxygens (including phenoxy) is 16. The number of alkyl carbamates (subject to hydrolysis) is 2. The molecule has 4 unspecified atom stereocenters. The quantitative estimate of drug-likeness (QED) is 0.0327. The van der Waals surface area contributed by atoms with Crippen molar-refractivity contribution in [1.29, 1.82) is 0 Å². The van der Waals surface area contributed by atoms with Crippen LogP contribution in [-0.4, -0.2) is 214 Å². The Labute approximate surface area is 666 Å². The number of carbonyl (C=O) groups is 14. The predicted octanol–water partition coefficient (Wildman–Crippen LogP) is 8.55. The molecule has 0 radical (unpaired) electrons. The Hall–Kier alpha value is -10.5. The molecular weight excluding hydrogens is 1490 g/mol. The maximum atomic E-state index is 14.3. The van der Waals surface area contributed by atoms with Crippen LogP contribution in [0.5, 0.6) is 0 Å². The van der Waals surface area contributed by atoms with Crippen LogP contribution in [0.15, 0.2) is 127 Å². The van der Waals surface area contributed by atoms with E-state index in [4.69, 9.17) is 75.8 Å². The zero-order chi connectivity index (χ0) is 85.4. The summed E-state index contributed by atoms with van der Waals surface area (Å²) in [6.07, 6.45) is 13.0. The summed E-state index contributed by atoms with van der Waals surface area (Å²) in [7, 11) is 0. The summed E-state index contributed by atoms with van der Waals surface area (Å²) in [6, 6.07) is 0. The van der Waals surface area contributed by atoms with E-state index in [9.17, 15) is 67.1 Å². The Balaban J connectivity index is 1.67. The van der Waals surface area contributed by atoms with Gasteiger partial charge in [0.05, 0.1) is 50.5 Å². The molecule has 0 spiro atoms. The van der Waals surface area contributed by atoms with Gasteiger partial charge in [0.2, 0.25) is 11.2 Å². The molecule has 114 heavy (non-hydrogen) atoms. The third-order valence-corrected chi connectivity index (χ3v) is 19.1. The number of rotatable bonds is 52. The number of hydrogen-bond donors (Lipinski definition) is 2. The molecule has 3 aliphatic carbocycles. The van der Waals surface area contributed by atoms with E-state index in [1.807, 2.05) is 27.7 Å². The van der Waals surface area contributed by atoms with Gasteiger partial charge < -0.3 is 86.4 Å². The molecular formula is C82H114N2O30. The first-order chi connectivity index (χ1) is 53.7. The second-order valence-corrected chi connectivity index (χ2v) is 31.5. The van der Waals surface area contributed by atoms with Crippen LogP contribution >= 0.6 is 0 Å². The van der Waals surface area contributed by atoms with E-state index in [1.165, 1.54) is 0 Å². The van der Waals surface area contributed by atoms with E-state index in [1.54, 1.807) is 0 Å². The Morgan fingerprint density at radius 2 is 0.570 bits per heavy atom. The SMILES string of the molecule is C=CC(=O)OCC(COCC(COC(=O)C=C)(COC(=O)C=C)OC(=O)CC1CC(C)(C)CC(C)(CNC(=O)OCC2CCC(COC(=O)CC3CC(C)(C)CC(C)(CNC(=O)OC(COCC(COC(=O)C=C)(COC(=O)C=C)COC(=O)C=C)(COC(=O)C=C)COC(=O)C=C)C3)CC2)C1)(COC(=O)C=C)COC(=O)C=C. The maximum Gasteiger partial charge on any atom is 0.408 e. The van der Waals surface area contributed by atoms with Crippen LogP contribution in [0.4, 0.5) is 9.59 Å². The highest BCUT2D eigenvalue weighted by Gasteiger charge is 2.48. The van der Waals surface area contributed by atoms with E-state index in [-0.39, 0.29) is 79.6 Å². The molecule has 632 valence electrons. The lowest BCUT2D eigenvalue weighted by molar-refractivity contribution is -0.198. The summed E-state index contributed by atoms with van der Waals surface area (Å²) in [5.41, 5.74) is -9.37. The van der Waals surface area contributed by atoms with E-state index < -0.39 is 203 Å². The predicted molar refractivity (Wildman–Crippen MR) is 408 cm³/mol. The Morgan fingerprint density at radius 1 is 0.307 bits per heavy atom. The lowest BCUT2D eigenvalue weighted by Crippen LogP contribution is -2.53. The summed E-state index contributed by atoms with van der Waals surface area (Å²) in [4.78, 5) is 180. The largest absolute Gasteiger partial charge is 0.465 e. The molecule has 3 rings (SSSR count). The first kappa shape index (κ1) is 97.7. The number of esters is 12. The van der Waals surface area contributed by atoms with Crippen LogP contribution in [0.1, 0.15) is 119 Å². The van der Waals surface area contributed by atoms with Crippen molar-refractivity contribution in [3.8, 4) is 0 Å². The van der Waals surface area contributed by atoms with Crippen molar-refractivity contribution < 1.29 is 143 Å². The van der Waals surface area contributed by atoms with Gasteiger partial charge in [0.25, 0.3) is 0 Å². The highest BCUT2D eigenvalue weighted by atomic mass is 16.7. The van der Waals surface area contributed by atoms with E-state index in [2.05, 4.69) is 90.3 Å². The van der Waals surface area contributed by atoms with E-state index >= 15 is 0 Å². The third kappa shape index (κ3) is 36.5. The van der Waals surface area contributed by atoms with Crippen LogP contribution in [0.25, 0.3) is 0 Å². The number of amides is 2. The van der Waals surface area contributed by atoms with Crippen LogP contribution in [0, 0.1) is 56.2 Å². The third-order valence-electron chi connectivity index (χ3n) is 19.1. The number of hydrogen-bond acceptors (Lipinski definition) is 30. The van der Waals surface area contributed by atoms with Gasteiger partial charge in [0.15, 0.2) is 0 Å². The fraction of sp³-hybridized carbons (Fsp3) is 0.585. The van der Waals surface area contributed by atoms with Gasteiger partial charge in [-0.25, -0.2) is 57.5 Å². The molecule has 0 saturated heterocycles. The molecule has 2 amide bonds. The van der Waals surface area contributed by atoms with Crippen molar-refractivity contribution in [2.24, 2.45) is 56.2 Å². The molecule has 3 fully saturated rings. The standard InChI is InChI=1S/C82H114N2O30/c1-17-61(85)103-45-79(46-104-62(86)18-2,47-105-63(87)19-3)43-99-51-81(53-109-67(91)23-7,54-110-68(92)24-8)113-72(96)32-60-34-76(13,14)39-77(15,36-60)41-83-73(97)102-38-58-29-27-57(28-30-58)37-101-71(95)31-59-33-75(11,12)40-78(16,35-59)42-84-74(98)114-82(55-111-69(93)25-9,56-112-70(94)26-10)52-100-44-80(48-106-64(88)20-4,49-107-65(89)21-5)50-108-66(90)22-6/h17-26,57-60H,1-10,27-56H2,11-16H3,(H,83,97)(H,84,98). The first-order valence-corrected chi connectivity index (χ1v) is 37.0. The van der Waals surface area contributed by atoms with Gasteiger partial charge in [0.1, 0.15) is 66.1 Å². The van der Waals surface area contributed by atoms with Gasteiger partial charge in [-0.05, 0) is 110 Å². The highest BCUT2D eigenvalue weighted by Crippen LogP contribution is 2.51. The zero-order valence-corrected chi connectivity index (χ0v) is 66.6. The van der Waals surface area contributed by atoms with Crippen LogP contribution in [0.3, 0.4) is 0 Å². The number of nitrogens with one attached hydrogen (secondary N) is 2. The summed E-state index contributed by atoms with van der Waals surface area (Å²) >= 11 is 0. The summed E-state index contributed by atoms with van der Waals surface area (Å²) in [5.74, 6) is -10.8. The van der Waals surface area contributed by atoms with Crippen molar-refractivity contribution in [3.63, 3.8) is 0 Å². The topological polar surface area (TPSA) is 411 Å². The normalized spacial score (nSPS) is 19.6. The minimum Gasteiger partial charge on any atom is -0.465 e. The Kier molecular flexibility index (Phi) is 40.5. The van der Waals surface area contributed by atoms with E-state index in [0.717, 1.165) is 60.8 Å². The molecule has 0 aromatic rings. The van der Waals surface area contributed by atoms with Crippen molar-refractivity contribution in [1.82, 2.24) is 10.6 Å². The summed E-state index contributed by atoms with van der Waals surface area (Å²) in [5, 5.41) is 5.73. The zero-order valence-electron chi connectivity index (χ0n) is 66.6. The molecule has 3 aliphatic rings. The average molecular weight is 1610 g/mol. The van der Waals surface area contributed by atoms with Crippen molar-refractivity contribution in [3.05, 3.63) is 127 Å². The molecule has 0 heterocycles. The molecule has 0 bridgehead atoms. The van der Waals surface area contributed by atoms with Gasteiger partial charge in [-0.2, -0.15) is 0 Å². The second kappa shape index (κ2) is 47.2. The minimum atomic E-state index is -2.13. The monoisotopic (exact) mass is 1610 g/mol. The molecule has 4 atom stereocenters. The molecule has 2 N–H and O–H groups in total. The summed E-state index contributed by atoms with van der Waals surface area (Å²) in [6.45, 7) is 37.5. The molecule has 3 saturated carbocycles. The Morgan fingerprint density at radius 3 is 0.868 bits per heavy atom. The minimum absolute atomic E-state index is 0.0169. The van der Waals surface area contributed by atoms with Crippen molar-refractivity contribution in [2.75, 3.05) is 119 Å². The van der Waals surface area contributed by atoms with Gasteiger partial charge in [-0.1, -0.05) is 107 Å². The van der Waals surface area contributed by atoms with Crippen LogP contribution in [-0.2, 0) is 133 Å². The number of carbonyl (C=O) groups excluding carboxylic acids is 14.